The van der Waals surface area contributed by atoms with Gasteiger partial charge in [0.05, 0.1) is 35.5 Å². The highest BCUT2D eigenvalue weighted by atomic mass is 35.5. The third-order valence-electron chi connectivity index (χ3n) is 6.47. The number of aromatic nitrogens is 4. The third kappa shape index (κ3) is 6.46. The van der Waals surface area contributed by atoms with Gasteiger partial charge in [0.15, 0.2) is 5.82 Å². The van der Waals surface area contributed by atoms with Gasteiger partial charge in [-0.3, -0.25) is 9.58 Å². The maximum absolute atomic E-state index is 12.8. The van der Waals surface area contributed by atoms with Crippen LogP contribution in [0.5, 0.6) is 5.75 Å². The highest BCUT2D eigenvalue weighted by molar-refractivity contribution is 7.92. The number of nitrogens with one attached hydrogen (secondary N) is 2. The predicted octanol–water partition coefficient (Wildman–Crippen LogP) is 4.02. The van der Waals surface area contributed by atoms with E-state index in [0.29, 0.717) is 23.9 Å². The van der Waals surface area contributed by atoms with Crippen molar-refractivity contribution in [2.45, 2.75) is 56.9 Å². The van der Waals surface area contributed by atoms with Gasteiger partial charge in [0.1, 0.15) is 10.8 Å². The maximum Gasteiger partial charge on any atom is 0.229 e. The molecule has 39 heavy (non-hydrogen) atoms. The number of hydrogen-bond donors (Lipinski definition) is 3. The molecule has 1 aliphatic rings. The van der Waals surface area contributed by atoms with Gasteiger partial charge in [-0.15, -0.1) is 0 Å². The fourth-order valence-electron chi connectivity index (χ4n) is 4.43. The Labute approximate surface area is 234 Å². The summed E-state index contributed by atoms with van der Waals surface area (Å²) in [6.45, 7) is 11.8. The SMILES string of the molecule is Cc1cc(Nc2ncc(Cl)c(Nc3cn(C)nc3S(=O)(=O)C(C)C)n2)c(OC(C)C)cc1C1CN(CCO)C1. The normalized spacial score (nSPS) is 14.6. The molecule has 0 saturated carbocycles. The summed E-state index contributed by atoms with van der Waals surface area (Å²) in [7, 11) is -2.00. The Morgan fingerprint density at radius 2 is 1.90 bits per heavy atom. The molecule has 1 fully saturated rings. The van der Waals surface area contributed by atoms with Crippen LogP contribution in [0.1, 0.15) is 44.7 Å². The van der Waals surface area contributed by atoms with Crippen LogP contribution < -0.4 is 15.4 Å². The zero-order chi connectivity index (χ0) is 28.5. The molecule has 3 aromatic rings. The van der Waals surface area contributed by atoms with Crippen molar-refractivity contribution >= 4 is 44.6 Å². The molecule has 1 aromatic carbocycles. The minimum atomic E-state index is -3.64. The lowest BCUT2D eigenvalue weighted by Gasteiger charge is -2.40. The number of anilines is 4. The highest BCUT2D eigenvalue weighted by Gasteiger charge is 2.30. The van der Waals surface area contributed by atoms with Crippen molar-refractivity contribution in [3.63, 3.8) is 0 Å². The molecule has 4 rings (SSSR count). The number of aryl methyl sites for hydroxylation is 2. The molecule has 0 spiro atoms. The molecule has 13 heteroatoms. The van der Waals surface area contributed by atoms with E-state index >= 15 is 0 Å². The first-order valence-electron chi connectivity index (χ1n) is 12.9. The summed E-state index contributed by atoms with van der Waals surface area (Å²) >= 11 is 6.39. The first-order valence-corrected chi connectivity index (χ1v) is 14.8. The number of sulfone groups is 1. The van der Waals surface area contributed by atoms with Gasteiger partial charge in [0, 0.05) is 38.8 Å². The molecule has 0 atom stereocenters. The second-order valence-corrected chi connectivity index (χ2v) is 13.1. The summed E-state index contributed by atoms with van der Waals surface area (Å²) < 4.78 is 33.2. The maximum atomic E-state index is 12.8. The van der Waals surface area contributed by atoms with Crippen LogP contribution in [-0.2, 0) is 16.9 Å². The highest BCUT2D eigenvalue weighted by Crippen LogP contribution is 2.38. The fraction of sp³-hybridized carbons (Fsp3) is 0.500. The summed E-state index contributed by atoms with van der Waals surface area (Å²) in [6, 6.07) is 4.08. The zero-order valence-corrected chi connectivity index (χ0v) is 24.6. The number of benzene rings is 1. The monoisotopic (exact) mass is 577 g/mol. The number of likely N-dealkylation sites (tertiary alicyclic amines) is 1. The topological polar surface area (TPSA) is 134 Å². The zero-order valence-electron chi connectivity index (χ0n) is 23.1. The number of nitrogens with zero attached hydrogens (tertiary/aromatic N) is 5. The lowest BCUT2D eigenvalue weighted by Crippen LogP contribution is -2.46. The van der Waals surface area contributed by atoms with Crippen molar-refractivity contribution in [2.75, 3.05) is 36.9 Å². The molecule has 0 amide bonds. The van der Waals surface area contributed by atoms with Gasteiger partial charge >= 0.3 is 0 Å². The van der Waals surface area contributed by atoms with E-state index in [4.69, 9.17) is 16.3 Å². The Bertz CT molecular complexity index is 1440. The Morgan fingerprint density at radius 1 is 1.18 bits per heavy atom. The summed E-state index contributed by atoms with van der Waals surface area (Å²) in [5.41, 5.74) is 3.29. The standard InChI is InChI=1S/C26H36ClN7O4S/c1-15(2)38-23-10-19(18-12-34(13-18)7-8-35)17(5)9-21(23)30-26-28-11-20(27)24(31-26)29-22-14-33(6)32-25(22)39(36,37)16(3)4/h9-11,14-16,18,35H,7-8,12-13H2,1-6H3,(H2,28,29,30,31). The number of β-amino-alcohol motifs (C(OH)–C–C–N with tert-alkyl or cyclic N) is 1. The second-order valence-electron chi connectivity index (χ2n) is 10.3. The van der Waals surface area contributed by atoms with Gasteiger partial charge in [-0.2, -0.15) is 10.1 Å². The molecule has 0 radical (unpaired) electrons. The average molecular weight is 578 g/mol. The van der Waals surface area contributed by atoms with E-state index in [2.05, 4.69) is 43.6 Å². The van der Waals surface area contributed by atoms with Crippen LogP contribution >= 0.6 is 11.6 Å². The van der Waals surface area contributed by atoms with Crippen molar-refractivity contribution in [2.24, 2.45) is 7.05 Å². The van der Waals surface area contributed by atoms with Gasteiger partial charge in [-0.1, -0.05) is 11.6 Å². The molecule has 3 heterocycles. The molecule has 1 saturated heterocycles. The van der Waals surface area contributed by atoms with Crippen molar-refractivity contribution in [3.05, 3.63) is 40.7 Å². The van der Waals surface area contributed by atoms with Crippen molar-refractivity contribution in [1.29, 1.82) is 0 Å². The fourth-order valence-corrected chi connectivity index (χ4v) is 5.67. The smallest absolute Gasteiger partial charge is 0.229 e. The lowest BCUT2D eigenvalue weighted by atomic mass is 9.88. The van der Waals surface area contributed by atoms with E-state index in [1.807, 2.05) is 19.9 Å². The molecule has 1 aliphatic heterocycles. The Kier molecular flexibility index (Phi) is 8.69. The van der Waals surface area contributed by atoms with E-state index in [1.165, 1.54) is 16.4 Å². The predicted molar refractivity (Wildman–Crippen MR) is 152 cm³/mol. The average Bonchev–Trinajstić information content (AvgIpc) is 3.20. The van der Waals surface area contributed by atoms with Crippen molar-refractivity contribution in [3.8, 4) is 5.75 Å². The molecule has 11 nitrogen and oxygen atoms in total. The van der Waals surface area contributed by atoms with Crippen molar-refractivity contribution in [1.82, 2.24) is 24.6 Å². The number of rotatable bonds is 11. The molecular weight excluding hydrogens is 542 g/mol. The number of ether oxygens (including phenoxy) is 1. The van der Waals surface area contributed by atoms with E-state index < -0.39 is 15.1 Å². The van der Waals surface area contributed by atoms with Crippen LogP contribution in [0.2, 0.25) is 5.02 Å². The molecule has 0 bridgehead atoms. The van der Waals surface area contributed by atoms with Gasteiger partial charge < -0.3 is 20.5 Å². The van der Waals surface area contributed by atoms with Crippen LogP contribution in [0.15, 0.2) is 29.6 Å². The Balaban J connectivity index is 1.62. The van der Waals surface area contributed by atoms with Gasteiger partial charge in [-0.25, -0.2) is 13.4 Å². The van der Waals surface area contributed by atoms with Crippen LogP contribution in [0.3, 0.4) is 0 Å². The summed E-state index contributed by atoms with van der Waals surface area (Å²) in [5.74, 6) is 1.55. The molecular formula is C26H36ClN7O4S. The van der Waals surface area contributed by atoms with E-state index in [9.17, 15) is 13.5 Å². The molecule has 3 N–H and O–H groups in total. The first kappa shape index (κ1) is 29.1. The molecule has 2 aromatic heterocycles. The summed E-state index contributed by atoms with van der Waals surface area (Å²) in [4.78, 5) is 11.1. The first-order chi connectivity index (χ1) is 18.4. The van der Waals surface area contributed by atoms with Crippen LogP contribution in [-0.4, -0.2) is 75.8 Å². The van der Waals surface area contributed by atoms with Gasteiger partial charge in [0.25, 0.3) is 0 Å². The largest absolute Gasteiger partial charge is 0.489 e. The number of aliphatic hydroxyl groups is 1. The van der Waals surface area contributed by atoms with Crippen LogP contribution in [0, 0.1) is 6.92 Å². The van der Waals surface area contributed by atoms with E-state index in [-0.39, 0.29) is 40.2 Å². The van der Waals surface area contributed by atoms with Crippen molar-refractivity contribution < 1.29 is 18.3 Å². The molecule has 0 unspecified atom stereocenters. The Hall–Kier alpha value is -2.93. The van der Waals surface area contributed by atoms with Gasteiger partial charge in [0.2, 0.25) is 20.8 Å². The van der Waals surface area contributed by atoms with E-state index in [1.54, 1.807) is 27.1 Å². The molecule has 0 aliphatic carbocycles. The number of halogens is 1. The van der Waals surface area contributed by atoms with Gasteiger partial charge in [-0.05, 0) is 57.9 Å². The quantitative estimate of drug-likeness (QED) is 0.307. The number of aliphatic hydroxyl groups excluding tert-OH is 1. The van der Waals surface area contributed by atoms with Crippen LogP contribution in [0.25, 0.3) is 0 Å². The molecule has 212 valence electrons. The number of hydrogen-bond acceptors (Lipinski definition) is 10. The second kappa shape index (κ2) is 11.7. The lowest BCUT2D eigenvalue weighted by molar-refractivity contribution is 0.115. The Morgan fingerprint density at radius 3 is 2.54 bits per heavy atom. The van der Waals surface area contributed by atoms with E-state index in [0.717, 1.165) is 18.7 Å². The van der Waals surface area contributed by atoms with Crippen LogP contribution in [0.4, 0.5) is 23.1 Å². The minimum absolute atomic E-state index is 0.0522. The minimum Gasteiger partial charge on any atom is -0.489 e. The third-order valence-corrected chi connectivity index (χ3v) is 8.83. The summed E-state index contributed by atoms with van der Waals surface area (Å²) in [6.07, 6.45) is 2.96. The summed E-state index contributed by atoms with van der Waals surface area (Å²) in [5, 5.41) is 19.1.